The molecule has 1 aromatic heterocycles. The normalized spacial score (nSPS) is 10.8. The van der Waals surface area contributed by atoms with E-state index in [1.165, 1.54) is 38.3 Å². The molecule has 1 heterocycles. The lowest BCUT2D eigenvalue weighted by atomic mass is 10.1. The molecule has 0 unspecified atom stereocenters. The van der Waals surface area contributed by atoms with Gasteiger partial charge in [-0.3, -0.25) is 0 Å². The van der Waals surface area contributed by atoms with Crippen LogP contribution in [-0.4, -0.2) is 4.57 Å². The Morgan fingerprint density at radius 3 is 2.03 bits per heavy atom. The van der Waals surface area contributed by atoms with Crippen LogP contribution < -0.4 is 5.32 Å². The standard InChI is InChI=1S/C28H20N2.C2H6/c1-2-10-22(11-3-1)29-23-15-17-28-26(19-23)25-12-6-7-13-27(25)30(28)24-16-14-20-8-4-5-9-21(20)18-24;1-2/h1-19,29H;1-2H3. The maximum atomic E-state index is 3.52. The Balaban J connectivity index is 0.00000105. The third-order valence-electron chi connectivity index (χ3n) is 5.73. The van der Waals surface area contributed by atoms with Crippen LogP contribution in [0.1, 0.15) is 13.8 Å². The average Bonchev–Trinajstić information content (AvgIpc) is 3.19. The van der Waals surface area contributed by atoms with Crippen molar-refractivity contribution in [1.29, 1.82) is 0 Å². The fourth-order valence-corrected chi connectivity index (χ4v) is 4.33. The first kappa shape index (κ1) is 19.9. The molecular formula is C30H26N2. The number of benzene rings is 5. The fourth-order valence-electron chi connectivity index (χ4n) is 4.33. The Kier molecular flexibility index (Phi) is 5.35. The van der Waals surface area contributed by atoms with Crippen molar-refractivity contribution < 1.29 is 0 Å². The van der Waals surface area contributed by atoms with Crippen molar-refractivity contribution in [2.45, 2.75) is 13.8 Å². The molecule has 6 aromatic rings. The van der Waals surface area contributed by atoms with Crippen LogP contribution in [0, 0.1) is 0 Å². The number of nitrogens with one attached hydrogen (secondary N) is 1. The highest BCUT2D eigenvalue weighted by molar-refractivity contribution is 6.10. The Hall–Kier alpha value is -4.04. The van der Waals surface area contributed by atoms with E-state index in [0.717, 1.165) is 11.4 Å². The third kappa shape index (κ3) is 3.50. The monoisotopic (exact) mass is 414 g/mol. The van der Waals surface area contributed by atoms with Crippen LogP contribution in [0.4, 0.5) is 11.4 Å². The van der Waals surface area contributed by atoms with Gasteiger partial charge in [0.15, 0.2) is 0 Å². The third-order valence-corrected chi connectivity index (χ3v) is 5.73. The number of hydrogen-bond donors (Lipinski definition) is 1. The Morgan fingerprint density at radius 2 is 1.19 bits per heavy atom. The maximum absolute atomic E-state index is 3.52. The predicted molar refractivity (Wildman–Crippen MR) is 139 cm³/mol. The maximum Gasteiger partial charge on any atom is 0.0542 e. The molecule has 0 radical (unpaired) electrons. The second-order valence-electron chi connectivity index (χ2n) is 7.61. The summed E-state index contributed by atoms with van der Waals surface area (Å²) in [6.45, 7) is 4.00. The lowest BCUT2D eigenvalue weighted by molar-refractivity contribution is 1.19. The second-order valence-corrected chi connectivity index (χ2v) is 7.61. The molecule has 5 aromatic carbocycles. The summed E-state index contributed by atoms with van der Waals surface area (Å²) in [6, 6.07) is 40.8. The molecule has 156 valence electrons. The van der Waals surface area contributed by atoms with Crippen molar-refractivity contribution in [3.8, 4) is 5.69 Å². The van der Waals surface area contributed by atoms with Crippen molar-refractivity contribution in [3.63, 3.8) is 0 Å². The van der Waals surface area contributed by atoms with Gasteiger partial charge in [0.1, 0.15) is 0 Å². The first-order valence-corrected chi connectivity index (χ1v) is 11.2. The number of anilines is 2. The van der Waals surface area contributed by atoms with Gasteiger partial charge in [0.25, 0.3) is 0 Å². The number of rotatable bonds is 3. The molecule has 6 rings (SSSR count). The molecule has 0 bridgehead atoms. The smallest absolute Gasteiger partial charge is 0.0542 e. The van der Waals surface area contributed by atoms with Gasteiger partial charge in [-0.15, -0.1) is 0 Å². The number of nitrogens with zero attached hydrogens (tertiary/aromatic N) is 1. The predicted octanol–water partition coefficient (Wildman–Crippen LogP) is 8.71. The highest BCUT2D eigenvalue weighted by atomic mass is 15.0. The van der Waals surface area contributed by atoms with Crippen molar-refractivity contribution >= 4 is 44.0 Å². The first-order chi connectivity index (χ1) is 15.9. The quantitative estimate of drug-likeness (QED) is 0.306. The topological polar surface area (TPSA) is 17.0 Å². The summed E-state index contributed by atoms with van der Waals surface area (Å²) >= 11 is 0. The van der Waals surface area contributed by atoms with Crippen LogP contribution in [0.5, 0.6) is 0 Å². The Labute approximate surface area is 188 Å². The second kappa shape index (κ2) is 8.60. The lowest BCUT2D eigenvalue weighted by Crippen LogP contribution is -1.94. The molecule has 0 aliphatic carbocycles. The van der Waals surface area contributed by atoms with Gasteiger partial charge in [-0.2, -0.15) is 0 Å². The molecule has 1 N–H and O–H groups in total. The SMILES string of the molecule is CC.c1ccc(Nc2ccc3c(c2)c2ccccc2n3-c2ccc3ccccc3c2)cc1. The highest BCUT2D eigenvalue weighted by Gasteiger charge is 2.13. The van der Waals surface area contributed by atoms with E-state index in [-0.39, 0.29) is 0 Å². The summed E-state index contributed by atoms with van der Waals surface area (Å²) in [7, 11) is 0. The van der Waals surface area contributed by atoms with Gasteiger partial charge in [-0.1, -0.05) is 80.6 Å². The van der Waals surface area contributed by atoms with E-state index in [0.29, 0.717) is 0 Å². The van der Waals surface area contributed by atoms with Gasteiger partial charge in [0, 0.05) is 27.8 Å². The molecule has 0 saturated carbocycles. The molecule has 0 aliphatic rings. The van der Waals surface area contributed by atoms with Gasteiger partial charge >= 0.3 is 0 Å². The molecule has 2 heteroatoms. The first-order valence-electron chi connectivity index (χ1n) is 11.2. The molecule has 0 aliphatic heterocycles. The zero-order chi connectivity index (χ0) is 21.9. The average molecular weight is 415 g/mol. The summed E-state index contributed by atoms with van der Waals surface area (Å²) in [6.07, 6.45) is 0. The van der Waals surface area contributed by atoms with Gasteiger partial charge in [-0.25, -0.2) is 0 Å². The van der Waals surface area contributed by atoms with Gasteiger partial charge < -0.3 is 9.88 Å². The fraction of sp³-hybridized carbons (Fsp3) is 0.0667. The van der Waals surface area contributed by atoms with E-state index in [9.17, 15) is 0 Å². The van der Waals surface area contributed by atoms with Crippen molar-refractivity contribution in [2.24, 2.45) is 0 Å². The summed E-state index contributed by atoms with van der Waals surface area (Å²) in [5, 5.41) is 8.55. The zero-order valence-electron chi connectivity index (χ0n) is 18.4. The molecule has 2 nitrogen and oxygen atoms in total. The molecular weight excluding hydrogens is 388 g/mol. The summed E-state index contributed by atoms with van der Waals surface area (Å²) in [5.74, 6) is 0. The van der Waals surface area contributed by atoms with E-state index in [1.807, 2.05) is 32.0 Å². The van der Waals surface area contributed by atoms with Crippen LogP contribution >= 0.6 is 0 Å². The van der Waals surface area contributed by atoms with Crippen LogP contribution in [-0.2, 0) is 0 Å². The van der Waals surface area contributed by atoms with Crippen LogP contribution in [0.2, 0.25) is 0 Å². The van der Waals surface area contributed by atoms with E-state index < -0.39 is 0 Å². The highest BCUT2D eigenvalue weighted by Crippen LogP contribution is 2.35. The summed E-state index contributed by atoms with van der Waals surface area (Å²) < 4.78 is 2.36. The van der Waals surface area contributed by atoms with Crippen molar-refractivity contribution in [2.75, 3.05) is 5.32 Å². The van der Waals surface area contributed by atoms with E-state index >= 15 is 0 Å². The van der Waals surface area contributed by atoms with E-state index in [1.54, 1.807) is 0 Å². The number of fused-ring (bicyclic) bond motifs is 4. The Bertz CT molecular complexity index is 1510. The molecule has 0 atom stereocenters. The van der Waals surface area contributed by atoms with Gasteiger partial charge in [0.2, 0.25) is 0 Å². The zero-order valence-corrected chi connectivity index (χ0v) is 18.4. The molecule has 0 fully saturated rings. The van der Waals surface area contributed by atoms with Gasteiger partial charge in [0.05, 0.1) is 11.0 Å². The van der Waals surface area contributed by atoms with Crippen LogP contribution in [0.15, 0.2) is 115 Å². The number of hydrogen-bond acceptors (Lipinski definition) is 1. The number of aromatic nitrogens is 1. The molecule has 32 heavy (non-hydrogen) atoms. The largest absolute Gasteiger partial charge is 0.356 e. The molecule has 0 spiro atoms. The Morgan fingerprint density at radius 1 is 0.500 bits per heavy atom. The van der Waals surface area contributed by atoms with Gasteiger partial charge in [-0.05, 0) is 59.3 Å². The molecule has 0 saturated heterocycles. The lowest BCUT2D eigenvalue weighted by Gasteiger charge is -2.10. The summed E-state index contributed by atoms with van der Waals surface area (Å²) in [5.41, 5.74) is 5.80. The minimum Gasteiger partial charge on any atom is -0.356 e. The molecule has 0 amide bonds. The van der Waals surface area contributed by atoms with Crippen molar-refractivity contribution in [3.05, 3.63) is 115 Å². The van der Waals surface area contributed by atoms with Crippen molar-refractivity contribution in [1.82, 2.24) is 4.57 Å². The minimum atomic E-state index is 1.09. The van der Waals surface area contributed by atoms with Crippen LogP contribution in [0.3, 0.4) is 0 Å². The van der Waals surface area contributed by atoms with E-state index in [4.69, 9.17) is 0 Å². The van der Waals surface area contributed by atoms with E-state index in [2.05, 4.69) is 107 Å². The number of para-hydroxylation sites is 2. The minimum absolute atomic E-state index is 1.09. The van der Waals surface area contributed by atoms with Crippen LogP contribution in [0.25, 0.3) is 38.3 Å². The summed E-state index contributed by atoms with van der Waals surface area (Å²) in [4.78, 5) is 0.